The zero-order valence-corrected chi connectivity index (χ0v) is 10.6. The lowest BCUT2D eigenvalue weighted by molar-refractivity contribution is -0.145. The summed E-state index contributed by atoms with van der Waals surface area (Å²) in [5, 5.41) is 5.41. The molecule has 0 bridgehead atoms. The SMILES string of the molecule is CC(C)OC(=O)CNc1ccc2ccccc2c1. The van der Waals surface area contributed by atoms with Gasteiger partial charge in [-0.3, -0.25) is 4.79 Å². The van der Waals surface area contributed by atoms with Gasteiger partial charge in [-0.05, 0) is 36.8 Å². The van der Waals surface area contributed by atoms with Crippen molar-refractivity contribution >= 4 is 22.4 Å². The van der Waals surface area contributed by atoms with E-state index in [4.69, 9.17) is 4.74 Å². The van der Waals surface area contributed by atoms with E-state index in [1.165, 1.54) is 5.39 Å². The highest BCUT2D eigenvalue weighted by atomic mass is 16.5. The van der Waals surface area contributed by atoms with Crippen LogP contribution in [0.25, 0.3) is 10.8 Å². The molecule has 0 radical (unpaired) electrons. The third kappa shape index (κ3) is 3.23. The van der Waals surface area contributed by atoms with Gasteiger partial charge in [-0.25, -0.2) is 0 Å². The van der Waals surface area contributed by atoms with Crippen molar-refractivity contribution in [2.24, 2.45) is 0 Å². The predicted octanol–water partition coefficient (Wildman–Crippen LogP) is 3.20. The van der Waals surface area contributed by atoms with Gasteiger partial charge in [-0.2, -0.15) is 0 Å². The summed E-state index contributed by atoms with van der Waals surface area (Å²) < 4.78 is 5.06. The van der Waals surface area contributed by atoms with Crippen molar-refractivity contribution in [2.45, 2.75) is 20.0 Å². The third-order valence-electron chi connectivity index (χ3n) is 2.55. The highest BCUT2D eigenvalue weighted by molar-refractivity contribution is 5.86. The zero-order chi connectivity index (χ0) is 13.0. The van der Waals surface area contributed by atoms with Crippen LogP contribution < -0.4 is 5.32 Å². The highest BCUT2D eigenvalue weighted by Gasteiger charge is 2.04. The summed E-state index contributed by atoms with van der Waals surface area (Å²) in [7, 11) is 0. The van der Waals surface area contributed by atoms with Gasteiger partial charge in [0.15, 0.2) is 0 Å². The summed E-state index contributed by atoms with van der Waals surface area (Å²) in [5.41, 5.74) is 0.925. The number of nitrogens with one attached hydrogen (secondary N) is 1. The van der Waals surface area contributed by atoms with Gasteiger partial charge in [0.2, 0.25) is 0 Å². The normalized spacial score (nSPS) is 10.6. The second kappa shape index (κ2) is 5.54. The van der Waals surface area contributed by atoms with E-state index in [1.54, 1.807) is 0 Å². The molecular weight excluding hydrogens is 226 g/mol. The van der Waals surface area contributed by atoms with Crippen molar-refractivity contribution in [3.8, 4) is 0 Å². The van der Waals surface area contributed by atoms with Gasteiger partial charge >= 0.3 is 5.97 Å². The Morgan fingerprint density at radius 2 is 1.89 bits per heavy atom. The van der Waals surface area contributed by atoms with E-state index in [-0.39, 0.29) is 18.6 Å². The van der Waals surface area contributed by atoms with Gasteiger partial charge in [0.1, 0.15) is 6.54 Å². The Hall–Kier alpha value is -2.03. The molecule has 2 aromatic rings. The van der Waals surface area contributed by atoms with Crippen LogP contribution in [0.3, 0.4) is 0 Å². The van der Waals surface area contributed by atoms with E-state index in [1.807, 2.05) is 50.2 Å². The summed E-state index contributed by atoms with van der Waals surface area (Å²) in [4.78, 5) is 11.4. The van der Waals surface area contributed by atoms with Crippen LogP contribution in [0, 0.1) is 0 Å². The molecule has 0 amide bonds. The number of hydrogen-bond donors (Lipinski definition) is 1. The van der Waals surface area contributed by atoms with Crippen LogP contribution in [0.2, 0.25) is 0 Å². The molecule has 0 aliphatic rings. The summed E-state index contributed by atoms with van der Waals surface area (Å²) in [6.07, 6.45) is -0.0732. The highest BCUT2D eigenvalue weighted by Crippen LogP contribution is 2.18. The molecule has 0 saturated heterocycles. The quantitative estimate of drug-likeness (QED) is 0.838. The summed E-state index contributed by atoms with van der Waals surface area (Å²) in [6.45, 7) is 3.87. The Labute approximate surface area is 107 Å². The molecule has 0 aliphatic heterocycles. The lowest BCUT2D eigenvalue weighted by Gasteiger charge is -2.10. The average Bonchev–Trinajstić information content (AvgIpc) is 2.35. The Balaban J connectivity index is 2.01. The predicted molar refractivity (Wildman–Crippen MR) is 73.7 cm³/mol. The first-order valence-electron chi connectivity index (χ1n) is 6.07. The van der Waals surface area contributed by atoms with E-state index in [0.29, 0.717) is 0 Å². The molecule has 0 atom stereocenters. The van der Waals surface area contributed by atoms with Crippen LogP contribution in [-0.2, 0) is 9.53 Å². The van der Waals surface area contributed by atoms with Crippen molar-refractivity contribution in [1.29, 1.82) is 0 Å². The van der Waals surface area contributed by atoms with Crippen molar-refractivity contribution in [3.05, 3.63) is 42.5 Å². The van der Waals surface area contributed by atoms with E-state index in [2.05, 4.69) is 11.4 Å². The average molecular weight is 243 g/mol. The standard InChI is InChI=1S/C15H17NO2/c1-11(2)18-15(17)10-16-14-8-7-12-5-3-4-6-13(12)9-14/h3-9,11,16H,10H2,1-2H3. The second-order valence-electron chi connectivity index (χ2n) is 4.45. The van der Waals surface area contributed by atoms with Crippen LogP contribution in [-0.4, -0.2) is 18.6 Å². The minimum Gasteiger partial charge on any atom is -0.462 e. The molecule has 18 heavy (non-hydrogen) atoms. The number of carbonyl (C=O) groups is 1. The Morgan fingerprint density at radius 1 is 1.17 bits per heavy atom. The first-order valence-corrected chi connectivity index (χ1v) is 6.07. The summed E-state index contributed by atoms with van der Waals surface area (Å²) in [6, 6.07) is 14.1. The van der Waals surface area contributed by atoms with Crippen molar-refractivity contribution in [1.82, 2.24) is 0 Å². The molecular formula is C15H17NO2. The van der Waals surface area contributed by atoms with Crippen LogP contribution in [0.1, 0.15) is 13.8 Å². The molecule has 0 fully saturated rings. The van der Waals surface area contributed by atoms with Gasteiger partial charge in [0, 0.05) is 5.69 Å². The molecule has 2 rings (SSSR count). The maximum Gasteiger partial charge on any atom is 0.325 e. The summed E-state index contributed by atoms with van der Waals surface area (Å²) in [5.74, 6) is -0.238. The third-order valence-corrected chi connectivity index (χ3v) is 2.55. The minimum atomic E-state index is -0.238. The number of esters is 1. The molecule has 0 saturated carbocycles. The maximum atomic E-state index is 11.4. The van der Waals surface area contributed by atoms with Crippen molar-refractivity contribution < 1.29 is 9.53 Å². The molecule has 0 heterocycles. The molecule has 94 valence electrons. The Kier molecular flexibility index (Phi) is 3.82. The topological polar surface area (TPSA) is 38.3 Å². The van der Waals surface area contributed by atoms with Gasteiger partial charge < -0.3 is 10.1 Å². The maximum absolute atomic E-state index is 11.4. The van der Waals surface area contributed by atoms with Gasteiger partial charge in [-0.1, -0.05) is 30.3 Å². The van der Waals surface area contributed by atoms with Crippen LogP contribution in [0.15, 0.2) is 42.5 Å². The lowest BCUT2D eigenvalue weighted by Crippen LogP contribution is -2.20. The van der Waals surface area contributed by atoms with Crippen LogP contribution in [0.4, 0.5) is 5.69 Å². The minimum absolute atomic E-state index is 0.0732. The first kappa shape index (κ1) is 12.4. The van der Waals surface area contributed by atoms with E-state index in [0.717, 1.165) is 11.1 Å². The van der Waals surface area contributed by atoms with E-state index in [9.17, 15) is 4.79 Å². The second-order valence-corrected chi connectivity index (χ2v) is 4.45. The van der Waals surface area contributed by atoms with Crippen LogP contribution >= 0.6 is 0 Å². The Morgan fingerprint density at radius 3 is 2.61 bits per heavy atom. The lowest BCUT2D eigenvalue weighted by atomic mass is 10.1. The Bertz CT molecular complexity index is 549. The molecule has 3 nitrogen and oxygen atoms in total. The number of carbonyl (C=O) groups excluding carboxylic acids is 1. The number of hydrogen-bond acceptors (Lipinski definition) is 3. The smallest absolute Gasteiger partial charge is 0.325 e. The van der Waals surface area contributed by atoms with Gasteiger partial charge in [-0.15, -0.1) is 0 Å². The molecule has 0 aliphatic carbocycles. The van der Waals surface area contributed by atoms with E-state index < -0.39 is 0 Å². The fourth-order valence-corrected chi connectivity index (χ4v) is 1.78. The summed E-state index contributed by atoms with van der Waals surface area (Å²) >= 11 is 0. The van der Waals surface area contributed by atoms with Crippen molar-refractivity contribution in [2.75, 3.05) is 11.9 Å². The number of fused-ring (bicyclic) bond motifs is 1. The number of anilines is 1. The van der Waals surface area contributed by atoms with Crippen LogP contribution in [0.5, 0.6) is 0 Å². The van der Waals surface area contributed by atoms with E-state index >= 15 is 0 Å². The molecule has 0 aromatic heterocycles. The molecule has 1 N–H and O–H groups in total. The molecule has 2 aromatic carbocycles. The fourth-order valence-electron chi connectivity index (χ4n) is 1.78. The monoisotopic (exact) mass is 243 g/mol. The number of ether oxygens (including phenoxy) is 1. The largest absolute Gasteiger partial charge is 0.462 e. The molecule has 0 spiro atoms. The van der Waals surface area contributed by atoms with Crippen molar-refractivity contribution in [3.63, 3.8) is 0 Å². The molecule has 0 unspecified atom stereocenters. The zero-order valence-electron chi connectivity index (χ0n) is 10.6. The van der Waals surface area contributed by atoms with Gasteiger partial charge in [0.05, 0.1) is 6.10 Å². The number of benzene rings is 2. The number of rotatable bonds is 4. The molecule has 3 heteroatoms. The fraction of sp³-hybridized carbons (Fsp3) is 0.267. The van der Waals surface area contributed by atoms with Gasteiger partial charge in [0.25, 0.3) is 0 Å². The first-order chi connectivity index (χ1) is 8.65.